The molecule has 0 saturated carbocycles. The molecule has 5 nitrogen and oxygen atoms in total. The maximum Gasteiger partial charge on any atom is 0.270 e. The minimum Gasteiger partial charge on any atom is -0.375 e. The van der Waals surface area contributed by atoms with Crippen LogP contribution in [0.5, 0.6) is 0 Å². The number of nitrogen functional groups attached to an aromatic ring is 1. The monoisotopic (exact) mass is 304 g/mol. The number of hydrogen-bond acceptors (Lipinski definition) is 5. The molecule has 0 fully saturated rings. The normalized spacial score (nSPS) is 14.7. The summed E-state index contributed by atoms with van der Waals surface area (Å²) in [6.45, 7) is 1.30. The number of carbonyl (C=O) groups excluding carboxylic acids is 1. The third-order valence-corrected chi connectivity index (χ3v) is 5.28. The number of nitrogens with two attached hydrogens (primary N) is 1. The Bertz CT molecular complexity index is 772. The van der Waals surface area contributed by atoms with Crippen molar-refractivity contribution >= 4 is 43.9 Å². The Hall–Kier alpha value is -1.86. The first-order chi connectivity index (χ1) is 9.70. The SMILES string of the molecule is Nc1nc2c(s1)CN(C(=O)c1cc3sccc3[nH]1)CC2. The molecule has 3 N–H and O–H groups in total. The van der Waals surface area contributed by atoms with Crippen LogP contribution in [0.2, 0.25) is 0 Å². The minimum atomic E-state index is 0.0472. The predicted molar refractivity (Wildman–Crippen MR) is 81.1 cm³/mol. The number of hydrogen-bond donors (Lipinski definition) is 2. The summed E-state index contributed by atoms with van der Waals surface area (Å²) in [7, 11) is 0. The number of nitrogens with one attached hydrogen (secondary N) is 1. The smallest absolute Gasteiger partial charge is 0.270 e. The van der Waals surface area contributed by atoms with Crippen molar-refractivity contribution in [1.29, 1.82) is 0 Å². The number of nitrogens with zero attached hydrogens (tertiary/aromatic N) is 2. The molecule has 0 bridgehead atoms. The van der Waals surface area contributed by atoms with E-state index in [4.69, 9.17) is 5.73 Å². The molecular weight excluding hydrogens is 292 g/mol. The second kappa shape index (κ2) is 4.32. The number of aromatic nitrogens is 2. The lowest BCUT2D eigenvalue weighted by atomic mass is 10.1. The lowest BCUT2D eigenvalue weighted by Crippen LogP contribution is -2.35. The van der Waals surface area contributed by atoms with Crippen molar-refractivity contribution in [1.82, 2.24) is 14.9 Å². The maximum atomic E-state index is 12.5. The van der Waals surface area contributed by atoms with Gasteiger partial charge in [0.05, 0.1) is 22.5 Å². The van der Waals surface area contributed by atoms with Crippen LogP contribution in [0.3, 0.4) is 0 Å². The summed E-state index contributed by atoms with van der Waals surface area (Å²) < 4.78 is 1.12. The van der Waals surface area contributed by atoms with Crippen LogP contribution >= 0.6 is 22.7 Å². The van der Waals surface area contributed by atoms with Crippen molar-refractivity contribution in [2.45, 2.75) is 13.0 Å². The average molecular weight is 304 g/mol. The molecule has 0 unspecified atom stereocenters. The Morgan fingerprint density at radius 3 is 3.25 bits per heavy atom. The van der Waals surface area contributed by atoms with Crippen molar-refractivity contribution in [3.05, 3.63) is 33.8 Å². The molecule has 3 aromatic rings. The van der Waals surface area contributed by atoms with E-state index >= 15 is 0 Å². The molecule has 0 radical (unpaired) electrons. The van der Waals surface area contributed by atoms with Crippen molar-refractivity contribution in [3.63, 3.8) is 0 Å². The average Bonchev–Trinajstić information content (AvgIpc) is 3.08. The third kappa shape index (κ3) is 1.82. The van der Waals surface area contributed by atoms with E-state index in [9.17, 15) is 4.79 Å². The van der Waals surface area contributed by atoms with Gasteiger partial charge in [0, 0.05) is 17.8 Å². The molecule has 0 saturated heterocycles. The van der Waals surface area contributed by atoms with E-state index in [2.05, 4.69) is 9.97 Å². The van der Waals surface area contributed by atoms with Crippen LogP contribution in [0.1, 0.15) is 21.1 Å². The second-order valence-corrected chi connectivity index (χ2v) is 6.84. The van der Waals surface area contributed by atoms with Gasteiger partial charge in [-0.1, -0.05) is 0 Å². The topological polar surface area (TPSA) is 75.0 Å². The Balaban J connectivity index is 1.62. The fourth-order valence-electron chi connectivity index (χ4n) is 2.52. The highest BCUT2D eigenvalue weighted by molar-refractivity contribution is 7.17. The molecule has 0 spiro atoms. The molecule has 4 rings (SSSR count). The van der Waals surface area contributed by atoms with E-state index in [0.717, 1.165) is 27.2 Å². The van der Waals surface area contributed by atoms with Crippen LogP contribution in [-0.4, -0.2) is 27.3 Å². The molecule has 4 heterocycles. The molecule has 1 aliphatic heterocycles. The highest BCUT2D eigenvalue weighted by Gasteiger charge is 2.25. The summed E-state index contributed by atoms with van der Waals surface area (Å²) in [5.41, 5.74) is 8.46. The summed E-state index contributed by atoms with van der Waals surface area (Å²) in [6.07, 6.45) is 0.782. The zero-order chi connectivity index (χ0) is 13.7. The molecule has 3 aromatic heterocycles. The van der Waals surface area contributed by atoms with Crippen LogP contribution in [-0.2, 0) is 13.0 Å². The van der Waals surface area contributed by atoms with Gasteiger partial charge in [-0.05, 0) is 17.5 Å². The maximum absolute atomic E-state index is 12.5. The Morgan fingerprint density at radius 1 is 1.50 bits per heavy atom. The Kier molecular flexibility index (Phi) is 2.58. The first-order valence-corrected chi connectivity index (χ1v) is 8.00. The van der Waals surface area contributed by atoms with Gasteiger partial charge in [0.1, 0.15) is 5.69 Å². The van der Waals surface area contributed by atoms with Gasteiger partial charge in [0.2, 0.25) is 0 Å². The van der Waals surface area contributed by atoms with Gasteiger partial charge in [0.25, 0.3) is 5.91 Å². The van der Waals surface area contributed by atoms with Crippen LogP contribution < -0.4 is 5.73 Å². The highest BCUT2D eigenvalue weighted by atomic mass is 32.1. The van der Waals surface area contributed by atoms with Crippen molar-refractivity contribution in [2.75, 3.05) is 12.3 Å². The number of fused-ring (bicyclic) bond motifs is 2. The van der Waals surface area contributed by atoms with Crippen LogP contribution in [0, 0.1) is 0 Å². The minimum absolute atomic E-state index is 0.0472. The standard InChI is InChI=1S/C13H12N4OS2/c14-13-16-7-1-3-17(6-11(7)20-13)12(18)9-5-10-8(15-9)2-4-19-10/h2,4-5,15H,1,3,6H2,(H2,14,16). The van der Waals surface area contributed by atoms with Gasteiger partial charge in [-0.25, -0.2) is 4.98 Å². The quantitative estimate of drug-likeness (QED) is 0.725. The van der Waals surface area contributed by atoms with Gasteiger partial charge in [0.15, 0.2) is 5.13 Å². The van der Waals surface area contributed by atoms with Crippen LogP contribution in [0.4, 0.5) is 5.13 Å². The summed E-state index contributed by atoms with van der Waals surface area (Å²) in [5.74, 6) is 0.0472. The van der Waals surface area contributed by atoms with Crippen molar-refractivity contribution in [2.24, 2.45) is 0 Å². The molecule has 20 heavy (non-hydrogen) atoms. The fraction of sp³-hybridized carbons (Fsp3) is 0.231. The molecule has 0 aliphatic carbocycles. The number of anilines is 1. The largest absolute Gasteiger partial charge is 0.375 e. The number of H-pyrrole nitrogens is 1. The molecule has 102 valence electrons. The van der Waals surface area contributed by atoms with E-state index in [1.165, 1.54) is 11.3 Å². The lowest BCUT2D eigenvalue weighted by molar-refractivity contribution is 0.0731. The summed E-state index contributed by atoms with van der Waals surface area (Å²) in [4.78, 5) is 23.0. The molecule has 7 heteroatoms. The fourth-order valence-corrected chi connectivity index (χ4v) is 4.20. The Labute approximate surface area is 123 Å². The summed E-state index contributed by atoms with van der Waals surface area (Å²) in [6, 6.07) is 3.92. The highest BCUT2D eigenvalue weighted by Crippen LogP contribution is 2.28. The third-order valence-electron chi connectivity index (χ3n) is 3.51. The van der Waals surface area contributed by atoms with E-state index < -0.39 is 0 Å². The van der Waals surface area contributed by atoms with E-state index in [-0.39, 0.29) is 5.91 Å². The second-order valence-electron chi connectivity index (χ2n) is 4.78. The number of rotatable bonds is 1. The van der Waals surface area contributed by atoms with E-state index in [0.29, 0.717) is 23.9 Å². The summed E-state index contributed by atoms with van der Waals surface area (Å²) >= 11 is 3.12. The van der Waals surface area contributed by atoms with Gasteiger partial charge in [-0.3, -0.25) is 4.79 Å². The van der Waals surface area contributed by atoms with E-state index in [1.54, 1.807) is 11.3 Å². The summed E-state index contributed by atoms with van der Waals surface area (Å²) in [5, 5.41) is 2.60. The molecular formula is C13H12N4OS2. The van der Waals surface area contributed by atoms with Gasteiger partial charge in [-0.2, -0.15) is 0 Å². The molecule has 0 atom stereocenters. The number of thiophene rings is 1. The molecule has 1 amide bonds. The van der Waals surface area contributed by atoms with Crippen molar-refractivity contribution < 1.29 is 4.79 Å². The Morgan fingerprint density at radius 2 is 2.40 bits per heavy atom. The first kappa shape index (κ1) is 11.9. The van der Waals surface area contributed by atoms with Gasteiger partial charge < -0.3 is 15.6 Å². The zero-order valence-corrected chi connectivity index (χ0v) is 12.2. The number of aromatic amines is 1. The molecule has 0 aromatic carbocycles. The number of carbonyl (C=O) groups is 1. The first-order valence-electron chi connectivity index (χ1n) is 6.30. The lowest BCUT2D eigenvalue weighted by Gasteiger charge is -2.25. The van der Waals surface area contributed by atoms with E-state index in [1.807, 2.05) is 22.4 Å². The predicted octanol–water partition coefficient (Wildman–Crippen LogP) is 2.47. The number of thiazole rings is 1. The zero-order valence-electron chi connectivity index (χ0n) is 10.5. The van der Waals surface area contributed by atoms with Crippen LogP contribution in [0.25, 0.3) is 10.2 Å². The van der Waals surface area contributed by atoms with Crippen molar-refractivity contribution in [3.8, 4) is 0 Å². The molecule has 1 aliphatic rings. The van der Waals surface area contributed by atoms with Crippen LogP contribution in [0.15, 0.2) is 17.5 Å². The number of amides is 1. The van der Waals surface area contributed by atoms with Gasteiger partial charge in [-0.15, -0.1) is 22.7 Å². The van der Waals surface area contributed by atoms with Gasteiger partial charge >= 0.3 is 0 Å².